The normalized spacial score (nSPS) is 19.5. The number of carbonyl (C=O) groups excluding carboxylic acids is 2. The molecular weight excluding hydrogens is 278 g/mol. The van der Waals surface area contributed by atoms with Gasteiger partial charge in [0.05, 0.1) is 12.3 Å². The number of nitrogens with one attached hydrogen (secondary N) is 1. The van der Waals surface area contributed by atoms with Crippen molar-refractivity contribution < 1.29 is 9.59 Å². The van der Waals surface area contributed by atoms with Crippen molar-refractivity contribution >= 4 is 11.8 Å². The zero-order valence-electron chi connectivity index (χ0n) is 13.1. The summed E-state index contributed by atoms with van der Waals surface area (Å²) in [5.74, 6) is -0.0202. The Labute approximate surface area is 131 Å². The van der Waals surface area contributed by atoms with Crippen LogP contribution < -0.4 is 11.1 Å². The molecule has 1 heterocycles. The lowest BCUT2D eigenvalue weighted by molar-refractivity contribution is -0.135. The Hall–Kier alpha value is -1.88. The number of hydrogen-bond donors (Lipinski definition) is 2. The predicted octanol–water partition coefficient (Wildman–Crippen LogP) is 0.931. The molecule has 1 aromatic rings. The molecule has 1 aromatic carbocycles. The van der Waals surface area contributed by atoms with Gasteiger partial charge in [-0.2, -0.15) is 0 Å². The first-order valence-corrected chi connectivity index (χ1v) is 7.92. The summed E-state index contributed by atoms with van der Waals surface area (Å²) in [5.41, 5.74) is 6.54. The molecule has 5 heteroatoms. The van der Waals surface area contributed by atoms with Crippen LogP contribution in [-0.4, -0.2) is 42.4 Å². The number of amides is 2. The first-order valence-electron chi connectivity index (χ1n) is 7.92. The van der Waals surface area contributed by atoms with E-state index in [0.717, 1.165) is 24.9 Å². The first kappa shape index (κ1) is 16.5. The summed E-state index contributed by atoms with van der Waals surface area (Å²) in [5, 5.41) is 2.91. The number of carbonyl (C=O) groups is 2. The minimum Gasteiger partial charge on any atom is -0.352 e. The van der Waals surface area contributed by atoms with Gasteiger partial charge in [-0.25, -0.2) is 0 Å². The second-order valence-corrected chi connectivity index (χ2v) is 5.99. The summed E-state index contributed by atoms with van der Waals surface area (Å²) in [6, 6.07) is 9.69. The summed E-state index contributed by atoms with van der Waals surface area (Å²) in [7, 11) is 0. The van der Waals surface area contributed by atoms with Gasteiger partial charge in [0, 0.05) is 25.7 Å². The average Bonchev–Trinajstić information content (AvgIpc) is 2.55. The van der Waals surface area contributed by atoms with E-state index in [1.165, 1.54) is 0 Å². The van der Waals surface area contributed by atoms with Gasteiger partial charge < -0.3 is 16.0 Å². The Morgan fingerprint density at radius 2 is 2.09 bits per heavy atom. The van der Waals surface area contributed by atoms with Gasteiger partial charge in [0.15, 0.2) is 0 Å². The highest BCUT2D eigenvalue weighted by molar-refractivity contribution is 5.82. The minimum absolute atomic E-state index is 0.00941. The van der Waals surface area contributed by atoms with Crippen LogP contribution in [0.4, 0.5) is 0 Å². The summed E-state index contributed by atoms with van der Waals surface area (Å²) in [4.78, 5) is 26.4. The van der Waals surface area contributed by atoms with Crippen LogP contribution in [0.3, 0.4) is 0 Å². The lowest BCUT2D eigenvalue weighted by Crippen LogP contribution is -2.48. The number of benzene rings is 1. The third-order valence-corrected chi connectivity index (χ3v) is 4.09. The zero-order chi connectivity index (χ0) is 15.9. The maximum absolute atomic E-state index is 12.4. The molecule has 2 amide bonds. The number of piperidine rings is 1. The molecule has 1 saturated heterocycles. The van der Waals surface area contributed by atoms with E-state index in [4.69, 9.17) is 5.73 Å². The molecule has 1 aliphatic rings. The van der Waals surface area contributed by atoms with Gasteiger partial charge >= 0.3 is 0 Å². The van der Waals surface area contributed by atoms with Crippen molar-refractivity contribution in [2.75, 3.05) is 19.6 Å². The molecule has 0 aliphatic carbocycles. The molecule has 1 aliphatic heterocycles. The van der Waals surface area contributed by atoms with E-state index in [1.54, 1.807) is 0 Å². The van der Waals surface area contributed by atoms with E-state index in [0.29, 0.717) is 19.5 Å². The van der Waals surface area contributed by atoms with Crippen LogP contribution >= 0.6 is 0 Å². The monoisotopic (exact) mass is 303 g/mol. The molecule has 0 saturated carbocycles. The summed E-state index contributed by atoms with van der Waals surface area (Å²) >= 11 is 0. The van der Waals surface area contributed by atoms with E-state index in [1.807, 2.05) is 42.2 Å². The molecule has 2 rings (SSSR count). The number of nitrogens with zero attached hydrogens (tertiary/aromatic N) is 1. The molecule has 0 bridgehead atoms. The molecule has 0 radical (unpaired) electrons. The highest BCUT2D eigenvalue weighted by Gasteiger charge is 2.28. The number of nitrogens with two attached hydrogens (primary N) is 1. The minimum atomic E-state index is -0.123. The summed E-state index contributed by atoms with van der Waals surface area (Å²) in [6.07, 6.45) is 2.10. The van der Waals surface area contributed by atoms with E-state index in [9.17, 15) is 9.59 Å². The van der Waals surface area contributed by atoms with Gasteiger partial charge in [0.1, 0.15) is 0 Å². The summed E-state index contributed by atoms with van der Waals surface area (Å²) < 4.78 is 0. The predicted molar refractivity (Wildman–Crippen MR) is 86.1 cm³/mol. The largest absolute Gasteiger partial charge is 0.352 e. The van der Waals surface area contributed by atoms with Crippen molar-refractivity contribution in [3.63, 3.8) is 0 Å². The first-order chi connectivity index (χ1) is 10.6. The maximum Gasteiger partial charge on any atom is 0.227 e. The molecule has 120 valence electrons. The summed E-state index contributed by atoms with van der Waals surface area (Å²) in [6.45, 7) is 3.56. The molecule has 5 nitrogen and oxygen atoms in total. The fraction of sp³-hybridized carbons (Fsp3) is 0.529. The molecule has 0 aromatic heterocycles. The highest BCUT2D eigenvalue weighted by atomic mass is 16.2. The Balaban J connectivity index is 1.89. The SMILES string of the molecule is C[C@@H](CN)NC(=O)C1CCCN(C(=O)Cc2ccccc2)C1. The molecule has 0 spiro atoms. The quantitative estimate of drug-likeness (QED) is 0.850. The van der Waals surface area contributed by atoms with Crippen molar-refractivity contribution in [2.45, 2.75) is 32.2 Å². The van der Waals surface area contributed by atoms with E-state index in [2.05, 4.69) is 5.32 Å². The van der Waals surface area contributed by atoms with Gasteiger partial charge in [0.2, 0.25) is 11.8 Å². The standard InChI is InChI=1S/C17H25N3O2/c1-13(11-18)19-17(22)15-8-5-9-20(12-15)16(21)10-14-6-3-2-4-7-14/h2-4,6-7,13,15H,5,8-12,18H2,1H3,(H,19,22)/t13-,15?/m0/s1. The molecule has 1 unspecified atom stereocenters. The highest BCUT2D eigenvalue weighted by Crippen LogP contribution is 2.18. The topological polar surface area (TPSA) is 75.4 Å². The van der Waals surface area contributed by atoms with Crippen LogP contribution in [0, 0.1) is 5.92 Å². The Morgan fingerprint density at radius 3 is 2.77 bits per heavy atom. The third-order valence-electron chi connectivity index (χ3n) is 4.09. The number of likely N-dealkylation sites (tertiary alicyclic amines) is 1. The zero-order valence-corrected chi connectivity index (χ0v) is 13.1. The Morgan fingerprint density at radius 1 is 1.36 bits per heavy atom. The lowest BCUT2D eigenvalue weighted by Gasteiger charge is -2.32. The van der Waals surface area contributed by atoms with Gasteiger partial charge in [0.25, 0.3) is 0 Å². The fourth-order valence-electron chi connectivity index (χ4n) is 2.72. The fourth-order valence-corrected chi connectivity index (χ4v) is 2.72. The van der Waals surface area contributed by atoms with Gasteiger partial charge in [-0.3, -0.25) is 9.59 Å². The van der Waals surface area contributed by atoms with Crippen molar-refractivity contribution in [3.8, 4) is 0 Å². The molecule has 1 fully saturated rings. The van der Waals surface area contributed by atoms with E-state index < -0.39 is 0 Å². The average molecular weight is 303 g/mol. The third kappa shape index (κ3) is 4.56. The van der Waals surface area contributed by atoms with Crippen molar-refractivity contribution in [3.05, 3.63) is 35.9 Å². The van der Waals surface area contributed by atoms with Gasteiger partial charge in [-0.1, -0.05) is 30.3 Å². The number of hydrogen-bond acceptors (Lipinski definition) is 3. The van der Waals surface area contributed by atoms with Crippen LogP contribution in [0.1, 0.15) is 25.3 Å². The van der Waals surface area contributed by atoms with Gasteiger partial charge in [-0.15, -0.1) is 0 Å². The van der Waals surface area contributed by atoms with Crippen LogP contribution in [-0.2, 0) is 16.0 Å². The van der Waals surface area contributed by atoms with Crippen LogP contribution in [0.2, 0.25) is 0 Å². The van der Waals surface area contributed by atoms with Crippen LogP contribution in [0.5, 0.6) is 0 Å². The smallest absolute Gasteiger partial charge is 0.227 e. The number of rotatable bonds is 5. The Bertz CT molecular complexity index is 504. The molecule has 22 heavy (non-hydrogen) atoms. The van der Waals surface area contributed by atoms with Crippen molar-refractivity contribution in [1.82, 2.24) is 10.2 Å². The second-order valence-electron chi connectivity index (χ2n) is 5.99. The second kappa shape index (κ2) is 7.94. The molecule has 3 N–H and O–H groups in total. The van der Waals surface area contributed by atoms with Crippen molar-refractivity contribution in [1.29, 1.82) is 0 Å². The Kier molecular flexibility index (Phi) is 5.95. The van der Waals surface area contributed by atoms with Gasteiger partial charge in [-0.05, 0) is 25.3 Å². The van der Waals surface area contributed by atoms with E-state index >= 15 is 0 Å². The van der Waals surface area contributed by atoms with Crippen molar-refractivity contribution in [2.24, 2.45) is 11.7 Å². The van der Waals surface area contributed by atoms with Crippen LogP contribution in [0.15, 0.2) is 30.3 Å². The maximum atomic E-state index is 12.4. The van der Waals surface area contributed by atoms with Crippen LogP contribution in [0.25, 0.3) is 0 Å². The molecule has 2 atom stereocenters. The molecular formula is C17H25N3O2. The lowest BCUT2D eigenvalue weighted by atomic mass is 9.96. The van der Waals surface area contributed by atoms with E-state index in [-0.39, 0.29) is 23.8 Å².